The quantitative estimate of drug-likeness (QED) is 0.428. The van der Waals surface area contributed by atoms with E-state index >= 15 is 0 Å². The van der Waals surface area contributed by atoms with Crippen LogP contribution >= 0.6 is 12.2 Å². The smallest absolute Gasteiger partial charge is 0.160 e. The average Bonchev–Trinajstić information content (AvgIpc) is 1.33. The van der Waals surface area contributed by atoms with E-state index in [0.29, 0.717) is 0 Å². The van der Waals surface area contributed by atoms with Gasteiger partial charge in [-0.25, -0.2) is 0 Å². The lowest BCUT2D eigenvalue weighted by Crippen LogP contribution is -2.18. The van der Waals surface area contributed by atoms with Crippen molar-refractivity contribution >= 4 is 17.3 Å². The first-order valence-corrected chi connectivity index (χ1v) is 1.91. The van der Waals surface area contributed by atoms with E-state index in [1.54, 1.807) is 6.07 Å². The van der Waals surface area contributed by atoms with Gasteiger partial charge in [0.05, 0.1) is 6.07 Å². The molecule has 0 saturated heterocycles. The SMILES string of the molecule is CC#N.NC(N)=S. The molecular weight excluding hydrogens is 110 g/mol. The number of hydrogen-bond acceptors (Lipinski definition) is 2. The van der Waals surface area contributed by atoms with Crippen molar-refractivity contribution in [2.24, 2.45) is 11.5 Å². The molecule has 4 heteroatoms. The summed E-state index contributed by atoms with van der Waals surface area (Å²) < 4.78 is 0. The molecule has 4 N–H and O–H groups in total. The molecule has 0 rings (SSSR count). The fourth-order valence-electron chi connectivity index (χ4n) is 0. The molecule has 0 spiro atoms. The van der Waals surface area contributed by atoms with Gasteiger partial charge in [-0.15, -0.1) is 0 Å². The summed E-state index contributed by atoms with van der Waals surface area (Å²) in [6.07, 6.45) is 0. The largest absolute Gasteiger partial charge is 0.377 e. The summed E-state index contributed by atoms with van der Waals surface area (Å²) in [5.41, 5.74) is 9.24. The van der Waals surface area contributed by atoms with Crippen LogP contribution in [-0.2, 0) is 0 Å². The van der Waals surface area contributed by atoms with E-state index in [1.807, 2.05) is 0 Å². The van der Waals surface area contributed by atoms with E-state index < -0.39 is 0 Å². The molecule has 0 bridgehead atoms. The molecule has 0 aliphatic carbocycles. The first-order chi connectivity index (χ1) is 3.15. The third-order valence-electron chi connectivity index (χ3n) is 0. The van der Waals surface area contributed by atoms with E-state index in [9.17, 15) is 0 Å². The van der Waals surface area contributed by atoms with Crippen molar-refractivity contribution in [2.45, 2.75) is 6.92 Å². The van der Waals surface area contributed by atoms with Crippen LogP contribution in [0.4, 0.5) is 0 Å². The molecule has 0 saturated carbocycles. The minimum atomic E-state index is 0.000000000000000222. The summed E-state index contributed by atoms with van der Waals surface area (Å²) in [7, 11) is 0. The van der Waals surface area contributed by atoms with Crippen LogP contribution in [0.2, 0.25) is 0 Å². The van der Waals surface area contributed by atoms with Crippen molar-refractivity contribution < 1.29 is 0 Å². The van der Waals surface area contributed by atoms with Gasteiger partial charge in [0, 0.05) is 6.92 Å². The minimum absolute atomic E-state index is 0.000000000000000222. The molecule has 0 atom stereocenters. The van der Waals surface area contributed by atoms with Gasteiger partial charge < -0.3 is 11.5 Å². The lowest BCUT2D eigenvalue weighted by molar-refractivity contribution is 1.49. The maximum atomic E-state index is 7.32. The summed E-state index contributed by atoms with van der Waals surface area (Å²) in [5, 5.41) is 7.32. The molecule has 0 heterocycles. The van der Waals surface area contributed by atoms with Gasteiger partial charge in [0.1, 0.15) is 0 Å². The Morgan fingerprint density at radius 2 is 1.71 bits per heavy atom. The predicted octanol–water partition coefficient (Wildman–Crippen LogP) is -0.281. The van der Waals surface area contributed by atoms with Crippen LogP contribution in [-0.4, -0.2) is 5.11 Å². The van der Waals surface area contributed by atoms with Crippen LogP contribution in [0.15, 0.2) is 0 Å². The molecule has 0 aromatic carbocycles. The number of nitriles is 1. The second-order valence-electron chi connectivity index (χ2n) is 0.626. The molecular formula is C3H7N3S. The highest BCUT2D eigenvalue weighted by atomic mass is 32.1. The van der Waals surface area contributed by atoms with Crippen molar-refractivity contribution in [3.8, 4) is 6.07 Å². The highest BCUT2D eigenvalue weighted by molar-refractivity contribution is 7.80. The Bertz CT molecular complexity index is 78.7. The zero-order valence-corrected chi connectivity index (χ0v) is 4.83. The Morgan fingerprint density at radius 3 is 1.71 bits per heavy atom. The third kappa shape index (κ3) is 77.9. The Kier molecular flexibility index (Phi) is 12.1. The molecule has 40 valence electrons. The van der Waals surface area contributed by atoms with Gasteiger partial charge in [0.2, 0.25) is 0 Å². The van der Waals surface area contributed by atoms with Crippen LogP contribution in [0.25, 0.3) is 0 Å². The number of thiocarbonyl (C=S) groups is 1. The summed E-state index contributed by atoms with van der Waals surface area (Å²) in [6.45, 7) is 1.43. The average molecular weight is 117 g/mol. The lowest BCUT2D eigenvalue weighted by atomic mass is 11.0. The standard InChI is InChI=1S/C2H3N.CH4N2S/c1-2-3;2-1(3)4/h1H3;(H4,2,3,4). The third-order valence-corrected chi connectivity index (χ3v) is 0. The van der Waals surface area contributed by atoms with Crippen molar-refractivity contribution in [2.75, 3.05) is 0 Å². The lowest BCUT2D eigenvalue weighted by Gasteiger charge is -1.68. The minimum Gasteiger partial charge on any atom is -0.377 e. The molecule has 0 aromatic rings. The predicted molar refractivity (Wildman–Crippen MR) is 32.3 cm³/mol. The van der Waals surface area contributed by atoms with Crippen LogP contribution in [0.1, 0.15) is 6.92 Å². The van der Waals surface area contributed by atoms with Gasteiger partial charge in [0.15, 0.2) is 5.11 Å². The van der Waals surface area contributed by atoms with Gasteiger partial charge in [-0.2, -0.15) is 5.26 Å². The monoisotopic (exact) mass is 117 g/mol. The maximum Gasteiger partial charge on any atom is 0.160 e. The molecule has 0 amide bonds. The number of nitrogens with two attached hydrogens (primary N) is 2. The topological polar surface area (TPSA) is 75.8 Å². The summed E-state index contributed by atoms with van der Waals surface area (Å²) in [6, 6.07) is 1.75. The molecule has 0 aliphatic rings. The van der Waals surface area contributed by atoms with Gasteiger partial charge in [-0.3, -0.25) is 0 Å². The van der Waals surface area contributed by atoms with Crippen molar-refractivity contribution in [1.82, 2.24) is 0 Å². The van der Waals surface area contributed by atoms with E-state index in [1.165, 1.54) is 6.92 Å². The maximum absolute atomic E-state index is 7.32. The number of rotatable bonds is 0. The fourth-order valence-corrected chi connectivity index (χ4v) is 0. The normalized spacial score (nSPS) is 4.57. The van der Waals surface area contributed by atoms with Crippen molar-refractivity contribution in [1.29, 1.82) is 5.26 Å². The second-order valence-corrected chi connectivity index (χ2v) is 1.10. The molecule has 3 nitrogen and oxygen atoms in total. The Hall–Kier alpha value is -0.820. The van der Waals surface area contributed by atoms with E-state index in [0.717, 1.165) is 0 Å². The molecule has 0 radical (unpaired) electrons. The first kappa shape index (κ1) is 9.49. The Morgan fingerprint density at radius 1 is 1.71 bits per heavy atom. The summed E-state index contributed by atoms with van der Waals surface area (Å²) in [5.74, 6) is 0. The first-order valence-electron chi connectivity index (χ1n) is 1.51. The summed E-state index contributed by atoms with van der Waals surface area (Å²) >= 11 is 4.09. The van der Waals surface area contributed by atoms with Gasteiger partial charge in [-0.1, -0.05) is 0 Å². The molecule has 7 heavy (non-hydrogen) atoms. The highest BCUT2D eigenvalue weighted by Crippen LogP contribution is 1.32. The zero-order valence-electron chi connectivity index (χ0n) is 4.01. The summed E-state index contributed by atoms with van der Waals surface area (Å²) in [4.78, 5) is 0. The fraction of sp³-hybridized carbons (Fsp3) is 0.333. The Balaban J connectivity index is 0. The van der Waals surface area contributed by atoms with Gasteiger partial charge in [-0.05, 0) is 12.2 Å². The van der Waals surface area contributed by atoms with E-state index in [-0.39, 0.29) is 5.11 Å². The van der Waals surface area contributed by atoms with Crippen LogP contribution < -0.4 is 11.5 Å². The number of nitrogens with zero attached hydrogens (tertiary/aromatic N) is 1. The second kappa shape index (κ2) is 8.95. The van der Waals surface area contributed by atoms with Crippen LogP contribution in [0.5, 0.6) is 0 Å². The van der Waals surface area contributed by atoms with E-state index in [4.69, 9.17) is 5.26 Å². The van der Waals surface area contributed by atoms with E-state index in [2.05, 4.69) is 23.7 Å². The molecule has 0 unspecified atom stereocenters. The zero-order chi connectivity index (χ0) is 6.28. The van der Waals surface area contributed by atoms with Crippen LogP contribution in [0.3, 0.4) is 0 Å². The van der Waals surface area contributed by atoms with Crippen molar-refractivity contribution in [3.05, 3.63) is 0 Å². The number of hydrogen-bond donors (Lipinski definition) is 2. The molecule has 0 fully saturated rings. The van der Waals surface area contributed by atoms with Crippen LogP contribution in [0, 0.1) is 11.3 Å². The Labute approximate surface area is 47.9 Å². The van der Waals surface area contributed by atoms with Gasteiger partial charge in [0.25, 0.3) is 0 Å². The van der Waals surface area contributed by atoms with Crippen molar-refractivity contribution in [3.63, 3.8) is 0 Å². The highest BCUT2D eigenvalue weighted by Gasteiger charge is 1.53. The molecule has 0 aliphatic heterocycles. The van der Waals surface area contributed by atoms with Gasteiger partial charge >= 0.3 is 0 Å². The molecule has 0 aromatic heterocycles.